The second-order valence-electron chi connectivity index (χ2n) is 7.06. The fourth-order valence-corrected chi connectivity index (χ4v) is 2.50. The maximum absolute atomic E-state index is 13.9. The number of halogens is 4. The Kier molecular flexibility index (Phi) is 6.22. The molecule has 1 aliphatic heterocycles. The zero-order valence-electron chi connectivity index (χ0n) is 15.3. The predicted octanol–water partition coefficient (Wildman–Crippen LogP) is 4.99. The Balaban J connectivity index is 2.09. The summed E-state index contributed by atoms with van der Waals surface area (Å²) in [7, 11) is 0. The molecule has 1 amide bonds. The lowest BCUT2D eigenvalue weighted by molar-refractivity contribution is -0.140. The normalized spacial score (nSPS) is 17.0. The van der Waals surface area contributed by atoms with Crippen molar-refractivity contribution in [3.8, 4) is 5.75 Å². The van der Waals surface area contributed by atoms with Gasteiger partial charge in [0.1, 0.15) is 5.60 Å². The third-order valence-corrected chi connectivity index (χ3v) is 3.69. The van der Waals surface area contributed by atoms with Gasteiger partial charge < -0.3 is 9.57 Å². The number of rotatable bonds is 3. The van der Waals surface area contributed by atoms with Crippen molar-refractivity contribution in [1.82, 2.24) is 10.4 Å². The van der Waals surface area contributed by atoms with E-state index < -0.39 is 35.0 Å². The summed E-state index contributed by atoms with van der Waals surface area (Å²) in [6.07, 6.45) is -1.87. The quantitative estimate of drug-likeness (QED) is 0.584. The van der Waals surface area contributed by atoms with E-state index in [-0.39, 0.29) is 0 Å². The first-order valence-electron chi connectivity index (χ1n) is 8.46. The first-order chi connectivity index (χ1) is 12.5. The second-order valence-corrected chi connectivity index (χ2v) is 7.06. The summed E-state index contributed by atoms with van der Waals surface area (Å²) < 4.78 is 57.5. The number of nitrogens with zero attached hydrogens (tertiary/aromatic N) is 1. The molecule has 5 nitrogen and oxygen atoms in total. The summed E-state index contributed by atoms with van der Waals surface area (Å²) in [4.78, 5) is 18.6. The van der Waals surface area contributed by atoms with Crippen molar-refractivity contribution in [1.29, 1.82) is 0 Å². The molecule has 1 aromatic carbocycles. The molecule has 0 aliphatic carbocycles. The van der Waals surface area contributed by atoms with Gasteiger partial charge in [0, 0.05) is 12.2 Å². The molecule has 9 heteroatoms. The molecule has 1 fully saturated rings. The molecule has 150 valence electrons. The second kappa shape index (κ2) is 8.06. The van der Waals surface area contributed by atoms with E-state index in [4.69, 9.17) is 9.57 Å². The average Bonchev–Trinajstić information content (AvgIpc) is 2.54. The summed E-state index contributed by atoms with van der Waals surface area (Å²) in [5.74, 6) is -2.11. The van der Waals surface area contributed by atoms with Gasteiger partial charge in [-0.3, -0.25) is 4.90 Å². The Bertz CT molecular complexity index is 712. The number of carbonyl (C=O) groups excluding carboxylic acids is 1. The first kappa shape index (κ1) is 20.9. The van der Waals surface area contributed by atoms with Crippen LogP contribution >= 0.6 is 0 Å². The Morgan fingerprint density at radius 3 is 2.56 bits per heavy atom. The minimum absolute atomic E-state index is 0.445. The number of piperidine rings is 1. The van der Waals surface area contributed by atoms with Crippen LogP contribution in [0.15, 0.2) is 30.1 Å². The Morgan fingerprint density at radius 2 is 1.93 bits per heavy atom. The summed E-state index contributed by atoms with van der Waals surface area (Å²) >= 11 is 0. The number of ether oxygens (including phenoxy) is 1. The number of likely N-dealkylation sites (tertiary alicyclic amines) is 1. The summed E-state index contributed by atoms with van der Waals surface area (Å²) in [6.45, 7) is 5.68. The van der Waals surface area contributed by atoms with Crippen LogP contribution in [-0.4, -0.2) is 23.1 Å². The van der Waals surface area contributed by atoms with E-state index >= 15 is 0 Å². The highest BCUT2D eigenvalue weighted by atomic mass is 19.4. The Morgan fingerprint density at radius 1 is 1.22 bits per heavy atom. The van der Waals surface area contributed by atoms with E-state index in [1.54, 1.807) is 20.8 Å². The van der Waals surface area contributed by atoms with E-state index in [1.807, 2.05) is 0 Å². The molecule has 0 aromatic heterocycles. The SMILES string of the molecule is CC(C)(C)OC(=O)N1CCCCC1=CNOc1cccc(C(F)(F)F)c1F. The van der Waals surface area contributed by atoms with Crippen molar-refractivity contribution >= 4 is 6.09 Å². The van der Waals surface area contributed by atoms with E-state index in [0.29, 0.717) is 24.7 Å². The molecule has 1 saturated heterocycles. The van der Waals surface area contributed by atoms with Crippen LogP contribution in [-0.2, 0) is 10.9 Å². The van der Waals surface area contributed by atoms with Gasteiger partial charge in [-0.05, 0) is 52.2 Å². The molecule has 1 aromatic rings. The molecule has 0 atom stereocenters. The van der Waals surface area contributed by atoms with Crippen molar-refractivity contribution in [3.63, 3.8) is 0 Å². The van der Waals surface area contributed by atoms with E-state index in [2.05, 4.69) is 5.48 Å². The van der Waals surface area contributed by atoms with Crippen molar-refractivity contribution in [2.45, 2.75) is 51.8 Å². The lowest BCUT2D eigenvalue weighted by Gasteiger charge is -2.31. The van der Waals surface area contributed by atoms with Crippen molar-refractivity contribution < 1.29 is 31.9 Å². The minimum Gasteiger partial charge on any atom is -0.443 e. The van der Waals surface area contributed by atoms with Crippen molar-refractivity contribution in [2.75, 3.05) is 6.54 Å². The lowest BCUT2D eigenvalue weighted by atomic mass is 10.1. The molecule has 1 heterocycles. The van der Waals surface area contributed by atoms with Crippen LogP contribution < -0.4 is 10.3 Å². The number of nitrogens with one attached hydrogen (secondary N) is 1. The number of carbonyl (C=O) groups is 1. The molecule has 0 unspecified atom stereocenters. The largest absolute Gasteiger partial charge is 0.443 e. The van der Waals surface area contributed by atoms with Crippen LogP contribution in [0.5, 0.6) is 5.75 Å². The first-order valence-corrected chi connectivity index (χ1v) is 8.46. The van der Waals surface area contributed by atoms with E-state index in [0.717, 1.165) is 25.0 Å². The summed E-state index contributed by atoms with van der Waals surface area (Å²) in [5, 5.41) is 0. The molecule has 1 aliphatic rings. The van der Waals surface area contributed by atoms with Gasteiger partial charge in [-0.1, -0.05) is 6.07 Å². The zero-order valence-corrected chi connectivity index (χ0v) is 15.3. The maximum Gasteiger partial charge on any atom is 0.419 e. The minimum atomic E-state index is -4.82. The monoisotopic (exact) mass is 390 g/mol. The molecule has 2 rings (SSSR count). The molecular weight excluding hydrogens is 368 g/mol. The Hall–Kier alpha value is -2.45. The summed E-state index contributed by atoms with van der Waals surface area (Å²) in [6, 6.07) is 2.75. The number of alkyl halides is 3. The fourth-order valence-electron chi connectivity index (χ4n) is 2.50. The molecule has 0 radical (unpaired) electrons. The number of allylic oxidation sites excluding steroid dienone is 1. The number of amides is 1. The van der Waals surface area contributed by atoms with Gasteiger partial charge in [0.05, 0.1) is 11.8 Å². The fraction of sp³-hybridized carbons (Fsp3) is 0.500. The van der Waals surface area contributed by atoms with Crippen LogP contribution in [0.3, 0.4) is 0 Å². The highest BCUT2D eigenvalue weighted by Crippen LogP contribution is 2.34. The Labute approximate surface area is 154 Å². The average molecular weight is 390 g/mol. The van der Waals surface area contributed by atoms with Crippen molar-refractivity contribution in [2.24, 2.45) is 0 Å². The maximum atomic E-state index is 13.9. The number of hydrogen-bond donors (Lipinski definition) is 1. The van der Waals surface area contributed by atoms with Crippen LogP contribution in [0.25, 0.3) is 0 Å². The number of benzene rings is 1. The molecule has 1 N–H and O–H groups in total. The molecule has 0 spiro atoms. The standard InChI is InChI=1S/C18H22F4N2O3/c1-17(2,3)26-16(25)24-10-5-4-7-12(24)11-23-27-14-9-6-8-13(15(14)19)18(20,21)22/h6,8-9,11,23H,4-5,7,10H2,1-3H3. The highest BCUT2D eigenvalue weighted by molar-refractivity contribution is 5.70. The van der Waals surface area contributed by atoms with Gasteiger partial charge >= 0.3 is 12.3 Å². The molecular formula is C18H22F4N2O3. The highest BCUT2D eigenvalue weighted by Gasteiger charge is 2.35. The van der Waals surface area contributed by atoms with Gasteiger partial charge in [-0.2, -0.15) is 13.2 Å². The van der Waals surface area contributed by atoms with Crippen LogP contribution in [0, 0.1) is 5.82 Å². The van der Waals surface area contributed by atoms with Gasteiger partial charge in [0.2, 0.25) is 0 Å². The lowest BCUT2D eigenvalue weighted by Crippen LogP contribution is -2.39. The van der Waals surface area contributed by atoms with Gasteiger partial charge in [0.15, 0.2) is 11.6 Å². The molecule has 0 saturated carbocycles. The number of hydroxylamine groups is 1. The van der Waals surface area contributed by atoms with Gasteiger partial charge in [-0.15, -0.1) is 0 Å². The van der Waals surface area contributed by atoms with Gasteiger partial charge in [0.25, 0.3) is 0 Å². The van der Waals surface area contributed by atoms with Crippen molar-refractivity contribution in [3.05, 3.63) is 41.5 Å². The third-order valence-electron chi connectivity index (χ3n) is 3.69. The molecule has 27 heavy (non-hydrogen) atoms. The predicted molar refractivity (Wildman–Crippen MR) is 90.0 cm³/mol. The van der Waals surface area contributed by atoms with Crippen LogP contribution in [0.1, 0.15) is 45.6 Å². The topological polar surface area (TPSA) is 50.8 Å². The van der Waals surface area contributed by atoms with E-state index in [1.165, 1.54) is 11.1 Å². The summed E-state index contributed by atoms with van der Waals surface area (Å²) in [5.41, 5.74) is 0.788. The molecule has 0 bridgehead atoms. The van der Waals surface area contributed by atoms with Crippen LogP contribution in [0.2, 0.25) is 0 Å². The zero-order chi connectivity index (χ0) is 20.2. The third kappa shape index (κ3) is 5.77. The number of hydrogen-bond acceptors (Lipinski definition) is 4. The smallest absolute Gasteiger partial charge is 0.419 e. The van der Waals surface area contributed by atoms with E-state index in [9.17, 15) is 22.4 Å². The van der Waals surface area contributed by atoms with Gasteiger partial charge in [-0.25, -0.2) is 14.7 Å². The van der Waals surface area contributed by atoms with Crippen LogP contribution in [0.4, 0.5) is 22.4 Å².